The van der Waals surface area contributed by atoms with Crippen molar-refractivity contribution in [3.63, 3.8) is 0 Å². The van der Waals surface area contributed by atoms with Gasteiger partial charge in [0.1, 0.15) is 0 Å². The molecule has 0 radical (unpaired) electrons. The maximum atomic E-state index is 12.5. The molecule has 1 heterocycles. The minimum Gasteiger partial charge on any atom is -0.349 e. The van der Waals surface area contributed by atoms with Crippen molar-refractivity contribution in [1.29, 1.82) is 0 Å². The molecule has 1 atom stereocenters. The average molecular weight is 447 g/mol. The number of hydrogen-bond donors (Lipinski definition) is 2. The summed E-state index contributed by atoms with van der Waals surface area (Å²) in [6, 6.07) is 14.4. The Morgan fingerprint density at radius 1 is 1.23 bits per heavy atom. The van der Waals surface area contributed by atoms with E-state index in [0.29, 0.717) is 10.7 Å². The molecule has 0 fully saturated rings. The van der Waals surface area contributed by atoms with Crippen LogP contribution in [0.15, 0.2) is 58.6 Å². The first-order valence-electron chi connectivity index (χ1n) is 9.79. The van der Waals surface area contributed by atoms with Crippen molar-refractivity contribution in [2.75, 3.05) is 5.75 Å². The lowest BCUT2D eigenvalue weighted by Gasteiger charge is -2.14. The lowest BCUT2D eigenvalue weighted by Crippen LogP contribution is -2.28. The fourth-order valence-corrected chi connectivity index (χ4v) is 4.53. The van der Waals surface area contributed by atoms with Crippen LogP contribution in [-0.4, -0.2) is 29.6 Å². The number of nitrogens with two attached hydrogens (primary N) is 1. The molecule has 0 saturated heterocycles. The first kappa shape index (κ1) is 22.3. The second-order valence-electron chi connectivity index (χ2n) is 7.08. The second kappa shape index (κ2) is 9.63. The molecule has 9 heteroatoms. The summed E-state index contributed by atoms with van der Waals surface area (Å²) in [5.74, 6) is 0.130. The third kappa shape index (κ3) is 5.41. The number of rotatable bonds is 9. The number of primary sulfonamides is 1. The molecule has 0 aliphatic heterocycles. The lowest BCUT2D eigenvalue weighted by molar-refractivity contribution is -0.119. The molecule has 3 aromatic rings. The van der Waals surface area contributed by atoms with E-state index >= 15 is 0 Å². The Morgan fingerprint density at radius 2 is 1.97 bits per heavy atom. The Labute approximate surface area is 181 Å². The largest absolute Gasteiger partial charge is 0.349 e. The average Bonchev–Trinajstić information content (AvgIpc) is 3.07. The molecule has 2 aromatic carbocycles. The van der Waals surface area contributed by atoms with Crippen molar-refractivity contribution in [2.45, 2.75) is 49.3 Å². The number of carbonyl (C=O) groups is 1. The number of aryl methyl sites for hydroxylation is 1. The molecule has 0 aliphatic carbocycles. The summed E-state index contributed by atoms with van der Waals surface area (Å²) in [7, 11) is -3.80. The van der Waals surface area contributed by atoms with Crippen molar-refractivity contribution in [2.24, 2.45) is 5.14 Å². The Balaban J connectivity index is 1.77. The van der Waals surface area contributed by atoms with E-state index in [2.05, 4.69) is 17.2 Å². The maximum absolute atomic E-state index is 12.5. The number of sulfonamides is 1. The van der Waals surface area contributed by atoms with Gasteiger partial charge in [0, 0.05) is 6.54 Å². The highest BCUT2D eigenvalue weighted by Gasteiger charge is 2.17. The molecule has 0 unspecified atom stereocenters. The van der Waals surface area contributed by atoms with E-state index in [9.17, 15) is 13.2 Å². The van der Waals surface area contributed by atoms with E-state index in [4.69, 9.17) is 5.14 Å². The van der Waals surface area contributed by atoms with Gasteiger partial charge in [-0.2, -0.15) is 0 Å². The third-order valence-electron chi connectivity index (χ3n) is 4.76. The van der Waals surface area contributed by atoms with Crippen LogP contribution < -0.4 is 10.5 Å². The summed E-state index contributed by atoms with van der Waals surface area (Å²) < 4.78 is 25.4. The van der Waals surface area contributed by atoms with Gasteiger partial charge >= 0.3 is 0 Å². The zero-order chi connectivity index (χ0) is 21.7. The first-order chi connectivity index (χ1) is 14.3. The van der Waals surface area contributed by atoms with Gasteiger partial charge in [-0.25, -0.2) is 18.5 Å². The van der Waals surface area contributed by atoms with Gasteiger partial charge in [-0.05, 0) is 37.1 Å². The number of imidazole rings is 1. The van der Waals surface area contributed by atoms with Gasteiger partial charge in [0.25, 0.3) is 0 Å². The zero-order valence-electron chi connectivity index (χ0n) is 17.0. The molecule has 1 aromatic heterocycles. The predicted molar refractivity (Wildman–Crippen MR) is 120 cm³/mol. The highest BCUT2D eigenvalue weighted by Crippen LogP contribution is 2.26. The van der Waals surface area contributed by atoms with Crippen molar-refractivity contribution in [3.05, 3.63) is 54.1 Å². The highest BCUT2D eigenvalue weighted by atomic mass is 32.2. The van der Waals surface area contributed by atoms with Crippen LogP contribution in [0.2, 0.25) is 0 Å². The minimum atomic E-state index is -3.80. The van der Waals surface area contributed by atoms with E-state index in [1.54, 1.807) is 6.07 Å². The summed E-state index contributed by atoms with van der Waals surface area (Å²) in [5.41, 5.74) is 2.43. The predicted octanol–water partition coefficient (Wildman–Crippen LogP) is 3.45. The van der Waals surface area contributed by atoms with Crippen LogP contribution in [-0.2, 0) is 21.4 Å². The quantitative estimate of drug-likeness (QED) is 0.490. The van der Waals surface area contributed by atoms with Crippen molar-refractivity contribution in [1.82, 2.24) is 14.9 Å². The van der Waals surface area contributed by atoms with Gasteiger partial charge in [0.2, 0.25) is 15.9 Å². The monoisotopic (exact) mass is 446 g/mol. The number of unbranched alkanes of at least 4 members (excludes halogenated alkanes) is 1. The molecule has 30 heavy (non-hydrogen) atoms. The summed E-state index contributed by atoms with van der Waals surface area (Å²) in [4.78, 5) is 17.1. The summed E-state index contributed by atoms with van der Waals surface area (Å²) in [6.45, 7) is 4.79. The van der Waals surface area contributed by atoms with E-state index in [0.717, 1.165) is 30.5 Å². The zero-order valence-corrected chi connectivity index (χ0v) is 18.7. The summed E-state index contributed by atoms with van der Waals surface area (Å²) in [6.07, 6.45) is 1.96. The fraction of sp³-hybridized carbons (Fsp3) is 0.333. The molecule has 160 valence electrons. The molecule has 3 N–H and O–H groups in total. The number of aromatic nitrogens is 2. The van der Waals surface area contributed by atoms with Crippen LogP contribution in [0.4, 0.5) is 0 Å². The minimum absolute atomic E-state index is 0.0288. The first-order valence-corrected chi connectivity index (χ1v) is 12.3. The Bertz CT molecular complexity index is 1130. The van der Waals surface area contributed by atoms with Gasteiger partial charge in [0.05, 0.1) is 27.7 Å². The topological polar surface area (TPSA) is 107 Å². The van der Waals surface area contributed by atoms with Crippen molar-refractivity contribution < 1.29 is 13.2 Å². The smallest absolute Gasteiger partial charge is 0.238 e. The third-order valence-corrected chi connectivity index (χ3v) is 6.65. The SMILES string of the molecule is CCCCn1c(SCC(=O)N[C@@H](C)c2ccccc2)nc2cc(S(N)(=O)=O)ccc21. The van der Waals surface area contributed by atoms with Crippen LogP contribution in [0.3, 0.4) is 0 Å². The molecule has 0 aliphatic rings. The molecule has 0 saturated carbocycles. The van der Waals surface area contributed by atoms with Gasteiger partial charge in [-0.15, -0.1) is 0 Å². The Kier molecular flexibility index (Phi) is 7.17. The van der Waals surface area contributed by atoms with Crippen LogP contribution in [0.25, 0.3) is 11.0 Å². The summed E-state index contributed by atoms with van der Waals surface area (Å²) in [5, 5.41) is 8.93. The second-order valence-corrected chi connectivity index (χ2v) is 9.59. The Morgan fingerprint density at radius 3 is 2.63 bits per heavy atom. The van der Waals surface area contributed by atoms with E-state index in [-0.39, 0.29) is 22.6 Å². The molecule has 3 rings (SSSR count). The number of thioether (sulfide) groups is 1. The van der Waals surface area contributed by atoms with Gasteiger partial charge in [0.15, 0.2) is 5.16 Å². The maximum Gasteiger partial charge on any atom is 0.238 e. The van der Waals surface area contributed by atoms with Crippen LogP contribution in [0, 0.1) is 0 Å². The van der Waals surface area contributed by atoms with Crippen LogP contribution in [0.5, 0.6) is 0 Å². The molecular weight excluding hydrogens is 420 g/mol. The van der Waals surface area contributed by atoms with Crippen LogP contribution in [0.1, 0.15) is 38.3 Å². The van der Waals surface area contributed by atoms with Crippen LogP contribution >= 0.6 is 11.8 Å². The molecular formula is C21H26N4O3S2. The molecule has 7 nitrogen and oxygen atoms in total. The van der Waals surface area contributed by atoms with Crippen molar-refractivity contribution >= 4 is 38.7 Å². The molecule has 0 spiro atoms. The van der Waals surface area contributed by atoms with E-state index in [1.165, 1.54) is 23.9 Å². The number of hydrogen-bond acceptors (Lipinski definition) is 5. The number of fused-ring (bicyclic) bond motifs is 1. The molecule has 0 bridgehead atoms. The number of carbonyl (C=O) groups excluding carboxylic acids is 1. The van der Waals surface area contributed by atoms with Crippen molar-refractivity contribution in [3.8, 4) is 0 Å². The number of nitrogens with one attached hydrogen (secondary N) is 1. The highest BCUT2D eigenvalue weighted by molar-refractivity contribution is 7.99. The number of amides is 1. The van der Waals surface area contributed by atoms with Gasteiger partial charge < -0.3 is 9.88 Å². The van der Waals surface area contributed by atoms with E-state index in [1.807, 2.05) is 41.8 Å². The summed E-state index contributed by atoms with van der Waals surface area (Å²) >= 11 is 1.34. The Hall–Kier alpha value is -2.36. The molecule has 1 amide bonds. The standard InChI is InChI=1S/C21H26N4O3S2/c1-3-4-12-25-19-11-10-17(30(22,27)28)13-18(19)24-21(25)29-14-20(26)23-15(2)16-8-6-5-7-9-16/h5-11,13,15H,3-4,12,14H2,1-2H3,(H,23,26)(H2,22,27,28)/t15-/m0/s1. The van der Waals surface area contributed by atoms with Gasteiger partial charge in [-0.1, -0.05) is 55.4 Å². The van der Waals surface area contributed by atoms with Gasteiger partial charge in [-0.3, -0.25) is 4.79 Å². The number of nitrogens with zero attached hydrogens (tertiary/aromatic N) is 2. The number of benzene rings is 2. The lowest BCUT2D eigenvalue weighted by atomic mass is 10.1. The fourth-order valence-electron chi connectivity index (χ4n) is 3.15. The normalized spacial score (nSPS) is 12.8. The van der Waals surface area contributed by atoms with E-state index < -0.39 is 10.0 Å².